The van der Waals surface area contributed by atoms with Gasteiger partial charge in [0.1, 0.15) is 0 Å². The summed E-state index contributed by atoms with van der Waals surface area (Å²) in [5.74, 6) is 0. The summed E-state index contributed by atoms with van der Waals surface area (Å²) in [4.78, 5) is 0. The van der Waals surface area contributed by atoms with Crippen LogP contribution in [0.2, 0.25) is 0 Å². The second kappa shape index (κ2) is 3.52. The molecular weight excluding hydrogens is 142 g/mol. The van der Waals surface area contributed by atoms with Gasteiger partial charge in [0.15, 0.2) is 0 Å². The van der Waals surface area contributed by atoms with E-state index in [0.717, 1.165) is 19.8 Å². The lowest BCUT2D eigenvalue weighted by Crippen LogP contribution is -2.50. The van der Waals surface area contributed by atoms with Gasteiger partial charge in [0, 0.05) is 13.7 Å². The first-order chi connectivity index (χ1) is 5.14. The lowest BCUT2D eigenvalue weighted by Gasteiger charge is -2.31. The maximum Gasteiger partial charge on any atom is 0.0746 e. The van der Waals surface area contributed by atoms with Crippen molar-refractivity contribution in [2.75, 3.05) is 26.9 Å². The fraction of sp³-hybridized carbons (Fsp3) is 1.00. The van der Waals surface area contributed by atoms with E-state index in [9.17, 15) is 0 Å². The van der Waals surface area contributed by atoms with Crippen LogP contribution in [0, 0.1) is 0 Å². The Bertz CT molecular complexity index is 121. The van der Waals surface area contributed by atoms with Crippen molar-refractivity contribution in [1.82, 2.24) is 5.32 Å². The first-order valence-corrected chi connectivity index (χ1v) is 4.00. The Labute approximate surface area is 68.1 Å². The number of ether oxygens (including phenoxy) is 2. The van der Waals surface area contributed by atoms with Gasteiger partial charge in [0.2, 0.25) is 0 Å². The van der Waals surface area contributed by atoms with Crippen LogP contribution in [0.5, 0.6) is 0 Å². The summed E-state index contributed by atoms with van der Waals surface area (Å²) in [6.45, 7) is 6.72. The van der Waals surface area contributed by atoms with Gasteiger partial charge >= 0.3 is 0 Å². The predicted molar refractivity (Wildman–Crippen MR) is 43.7 cm³/mol. The standard InChI is InChI=1S/C8H17NO2/c1-8(2,10-3)6-9-7-4-11-5-7/h7,9H,4-6H2,1-3H3. The van der Waals surface area contributed by atoms with Crippen LogP contribution in [0.1, 0.15) is 13.8 Å². The minimum absolute atomic E-state index is 0.0599. The van der Waals surface area contributed by atoms with Crippen molar-refractivity contribution in [2.24, 2.45) is 0 Å². The highest BCUT2D eigenvalue weighted by molar-refractivity contribution is 4.78. The van der Waals surface area contributed by atoms with Crippen LogP contribution in [0.15, 0.2) is 0 Å². The fourth-order valence-corrected chi connectivity index (χ4v) is 0.816. The molecule has 0 spiro atoms. The lowest BCUT2D eigenvalue weighted by molar-refractivity contribution is -0.0266. The predicted octanol–water partition coefficient (Wildman–Crippen LogP) is 0.400. The molecule has 0 aromatic heterocycles. The Morgan fingerprint density at radius 3 is 2.55 bits per heavy atom. The van der Waals surface area contributed by atoms with E-state index in [0.29, 0.717) is 6.04 Å². The molecule has 0 aliphatic carbocycles. The van der Waals surface area contributed by atoms with Crippen LogP contribution < -0.4 is 5.32 Å². The average molecular weight is 159 g/mol. The molecule has 0 saturated carbocycles. The second-order valence-corrected chi connectivity index (χ2v) is 3.58. The molecule has 0 radical (unpaired) electrons. The van der Waals surface area contributed by atoms with Crippen LogP contribution in [-0.2, 0) is 9.47 Å². The van der Waals surface area contributed by atoms with Crippen molar-refractivity contribution in [3.05, 3.63) is 0 Å². The molecule has 0 aromatic rings. The molecule has 0 amide bonds. The fourth-order valence-electron chi connectivity index (χ4n) is 0.816. The molecule has 0 unspecified atom stereocenters. The highest BCUT2D eigenvalue weighted by atomic mass is 16.5. The van der Waals surface area contributed by atoms with Crippen molar-refractivity contribution in [1.29, 1.82) is 0 Å². The normalized spacial score (nSPS) is 19.9. The Hall–Kier alpha value is -0.120. The summed E-state index contributed by atoms with van der Waals surface area (Å²) in [5.41, 5.74) is -0.0599. The second-order valence-electron chi connectivity index (χ2n) is 3.58. The summed E-state index contributed by atoms with van der Waals surface area (Å²) in [7, 11) is 1.74. The van der Waals surface area contributed by atoms with E-state index in [-0.39, 0.29) is 5.60 Å². The van der Waals surface area contributed by atoms with Gasteiger partial charge in [-0.1, -0.05) is 0 Å². The van der Waals surface area contributed by atoms with Crippen molar-refractivity contribution < 1.29 is 9.47 Å². The molecule has 66 valence electrons. The van der Waals surface area contributed by atoms with Gasteiger partial charge in [-0.25, -0.2) is 0 Å². The van der Waals surface area contributed by atoms with Gasteiger partial charge in [-0.3, -0.25) is 0 Å². The van der Waals surface area contributed by atoms with Crippen LogP contribution in [-0.4, -0.2) is 38.5 Å². The molecule has 1 aliphatic rings. The lowest BCUT2D eigenvalue weighted by atomic mass is 10.1. The van der Waals surface area contributed by atoms with Crippen molar-refractivity contribution >= 4 is 0 Å². The Morgan fingerprint density at radius 1 is 1.55 bits per heavy atom. The molecule has 3 nitrogen and oxygen atoms in total. The van der Waals surface area contributed by atoms with E-state index < -0.39 is 0 Å². The molecule has 1 fully saturated rings. The maximum absolute atomic E-state index is 5.25. The SMILES string of the molecule is COC(C)(C)CNC1COC1. The molecule has 0 atom stereocenters. The number of hydrogen-bond donors (Lipinski definition) is 1. The molecule has 1 N–H and O–H groups in total. The van der Waals surface area contributed by atoms with Gasteiger partial charge in [-0.15, -0.1) is 0 Å². The van der Waals surface area contributed by atoms with Crippen LogP contribution in [0.3, 0.4) is 0 Å². The van der Waals surface area contributed by atoms with Gasteiger partial charge in [-0.2, -0.15) is 0 Å². The monoisotopic (exact) mass is 159 g/mol. The van der Waals surface area contributed by atoms with Gasteiger partial charge in [0.25, 0.3) is 0 Å². The van der Waals surface area contributed by atoms with E-state index in [2.05, 4.69) is 19.2 Å². The molecule has 1 heterocycles. The zero-order chi connectivity index (χ0) is 8.32. The van der Waals surface area contributed by atoms with E-state index in [4.69, 9.17) is 9.47 Å². The summed E-state index contributed by atoms with van der Waals surface area (Å²) in [6, 6.07) is 0.546. The first kappa shape index (κ1) is 8.97. The zero-order valence-corrected chi connectivity index (χ0v) is 7.52. The summed E-state index contributed by atoms with van der Waals surface area (Å²) in [6.07, 6.45) is 0. The molecule has 3 heteroatoms. The van der Waals surface area contributed by atoms with Crippen molar-refractivity contribution in [2.45, 2.75) is 25.5 Å². The van der Waals surface area contributed by atoms with Gasteiger partial charge < -0.3 is 14.8 Å². The largest absolute Gasteiger partial charge is 0.378 e. The third-order valence-electron chi connectivity index (χ3n) is 2.01. The number of nitrogens with one attached hydrogen (secondary N) is 1. The number of rotatable bonds is 4. The van der Waals surface area contributed by atoms with E-state index >= 15 is 0 Å². The van der Waals surface area contributed by atoms with Crippen LogP contribution in [0.4, 0.5) is 0 Å². The van der Waals surface area contributed by atoms with E-state index in [1.165, 1.54) is 0 Å². The van der Waals surface area contributed by atoms with E-state index in [1.807, 2.05) is 0 Å². The number of hydrogen-bond acceptors (Lipinski definition) is 3. The minimum atomic E-state index is -0.0599. The van der Waals surface area contributed by atoms with Gasteiger partial charge in [0.05, 0.1) is 24.9 Å². The van der Waals surface area contributed by atoms with Crippen molar-refractivity contribution in [3.63, 3.8) is 0 Å². The molecule has 11 heavy (non-hydrogen) atoms. The highest BCUT2D eigenvalue weighted by Crippen LogP contribution is 2.07. The quantitative estimate of drug-likeness (QED) is 0.644. The Morgan fingerprint density at radius 2 is 2.18 bits per heavy atom. The number of methoxy groups -OCH3 is 1. The summed E-state index contributed by atoms with van der Waals surface area (Å²) < 4.78 is 10.3. The smallest absolute Gasteiger partial charge is 0.0746 e. The average Bonchev–Trinajstić information content (AvgIpc) is 1.84. The van der Waals surface area contributed by atoms with Crippen LogP contribution >= 0.6 is 0 Å². The van der Waals surface area contributed by atoms with Gasteiger partial charge in [-0.05, 0) is 13.8 Å². The topological polar surface area (TPSA) is 30.5 Å². The first-order valence-electron chi connectivity index (χ1n) is 4.00. The third-order valence-corrected chi connectivity index (χ3v) is 2.01. The minimum Gasteiger partial charge on any atom is -0.378 e. The molecule has 1 aliphatic heterocycles. The van der Waals surface area contributed by atoms with Crippen LogP contribution in [0.25, 0.3) is 0 Å². The summed E-state index contributed by atoms with van der Waals surface area (Å²) >= 11 is 0. The molecule has 1 saturated heterocycles. The third kappa shape index (κ3) is 2.77. The Kier molecular flexibility index (Phi) is 2.87. The summed E-state index contributed by atoms with van der Waals surface area (Å²) in [5, 5.41) is 3.36. The Balaban J connectivity index is 2.09. The van der Waals surface area contributed by atoms with Crippen molar-refractivity contribution in [3.8, 4) is 0 Å². The van der Waals surface area contributed by atoms with E-state index in [1.54, 1.807) is 7.11 Å². The highest BCUT2D eigenvalue weighted by Gasteiger charge is 2.22. The zero-order valence-electron chi connectivity index (χ0n) is 7.52. The molecule has 1 rings (SSSR count). The molecule has 0 aromatic carbocycles. The maximum atomic E-state index is 5.25. The molecule has 0 bridgehead atoms. The molecular formula is C8H17NO2.